The van der Waals surface area contributed by atoms with E-state index in [1.807, 2.05) is 0 Å². The molecule has 1 amide bonds. The van der Waals surface area contributed by atoms with Gasteiger partial charge in [-0.3, -0.25) is 4.79 Å². The van der Waals surface area contributed by atoms with Crippen LogP contribution in [0.1, 0.15) is 5.56 Å². The minimum Gasteiger partial charge on any atom is -0.357 e. The maximum Gasteiger partial charge on any atom is 0.230 e. The van der Waals surface area contributed by atoms with Crippen LogP contribution < -0.4 is 10.6 Å². The van der Waals surface area contributed by atoms with Crippen LogP contribution in [0.25, 0.3) is 0 Å². The minimum absolute atomic E-state index is 0.0142. The molecule has 0 aliphatic heterocycles. The van der Waals surface area contributed by atoms with Crippen molar-refractivity contribution in [3.05, 3.63) is 42.5 Å². The van der Waals surface area contributed by atoms with E-state index in [4.69, 9.17) is 0 Å². The third kappa shape index (κ3) is 6.94. The van der Waals surface area contributed by atoms with Gasteiger partial charge in [0, 0.05) is 23.7 Å². The average molecular weight is 381 g/mol. The molecule has 0 fully saturated rings. The number of rotatable bonds is 10. The summed E-state index contributed by atoms with van der Waals surface area (Å²) in [5, 5.41) is 14.8. The Labute approximate surface area is 154 Å². The molecule has 0 saturated heterocycles. The lowest BCUT2D eigenvalue weighted by Gasteiger charge is -2.04. The molecule has 128 valence electrons. The summed E-state index contributed by atoms with van der Waals surface area (Å²) >= 11 is 4.58. The highest BCUT2D eigenvalue weighted by Crippen LogP contribution is 2.25. The van der Waals surface area contributed by atoms with E-state index in [1.165, 1.54) is 33.6 Å². The number of amides is 1. The number of nitrogens with zero attached hydrogens (tertiary/aromatic N) is 2. The number of benzene rings is 1. The molecule has 0 unspecified atom stereocenters. The van der Waals surface area contributed by atoms with Crippen LogP contribution in [0.5, 0.6) is 0 Å². The Balaban J connectivity index is 1.60. The number of carbonyl (C=O) groups excluding carboxylic acids is 1. The Morgan fingerprint density at radius 1 is 1.29 bits per heavy atom. The maximum absolute atomic E-state index is 11.8. The summed E-state index contributed by atoms with van der Waals surface area (Å²) in [6, 6.07) is 8.39. The summed E-state index contributed by atoms with van der Waals surface area (Å²) in [4.78, 5) is 13.1. The van der Waals surface area contributed by atoms with E-state index >= 15 is 0 Å². The smallest absolute Gasteiger partial charge is 0.230 e. The number of thioether (sulfide) groups is 2. The number of aryl methyl sites for hydroxylation is 1. The Morgan fingerprint density at radius 2 is 2.08 bits per heavy atom. The minimum atomic E-state index is 0.0142. The van der Waals surface area contributed by atoms with Gasteiger partial charge in [-0.2, -0.15) is 0 Å². The van der Waals surface area contributed by atoms with Gasteiger partial charge in [0.2, 0.25) is 11.0 Å². The summed E-state index contributed by atoms with van der Waals surface area (Å²) in [6.45, 7) is 7.01. The van der Waals surface area contributed by atoms with Gasteiger partial charge >= 0.3 is 0 Å². The maximum atomic E-state index is 11.8. The predicted molar refractivity (Wildman–Crippen MR) is 104 cm³/mol. The van der Waals surface area contributed by atoms with Gasteiger partial charge in [0.1, 0.15) is 0 Å². The highest BCUT2D eigenvalue weighted by molar-refractivity contribution is 8.01. The average Bonchev–Trinajstić information content (AvgIpc) is 3.04. The number of hydrogen-bond donors (Lipinski definition) is 2. The van der Waals surface area contributed by atoms with Gasteiger partial charge in [-0.15, -0.1) is 28.5 Å². The van der Waals surface area contributed by atoms with Gasteiger partial charge in [0.15, 0.2) is 4.34 Å². The van der Waals surface area contributed by atoms with Crippen LogP contribution in [0.3, 0.4) is 0 Å². The number of aromatic nitrogens is 2. The van der Waals surface area contributed by atoms with E-state index in [1.54, 1.807) is 17.8 Å². The second-order valence-electron chi connectivity index (χ2n) is 4.84. The zero-order chi connectivity index (χ0) is 17.2. The van der Waals surface area contributed by atoms with Crippen molar-refractivity contribution in [3.8, 4) is 0 Å². The van der Waals surface area contributed by atoms with Crippen LogP contribution in [0.15, 0.2) is 46.2 Å². The first-order valence-corrected chi connectivity index (χ1v) is 10.2. The summed E-state index contributed by atoms with van der Waals surface area (Å²) in [7, 11) is 0. The lowest BCUT2D eigenvalue weighted by atomic mass is 10.2. The van der Waals surface area contributed by atoms with Crippen molar-refractivity contribution >= 4 is 45.9 Å². The molecular formula is C16H20N4OS3. The third-order valence-electron chi connectivity index (χ3n) is 2.84. The molecule has 0 radical (unpaired) electrons. The van der Waals surface area contributed by atoms with Gasteiger partial charge < -0.3 is 10.6 Å². The first-order chi connectivity index (χ1) is 11.7. The fourth-order valence-electron chi connectivity index (χ4n) is 1.67. The van der Waals surface area contributed by atoms with E-state index in [2.05, 4.69) is 58.6 Å². The van der Waals surface area contributed by atoms with Gasteiger partial charge in [-0.05, 0) is 19.1 Å². The standard InChI is InChI=1S/C16H20N4OS3/c1-3-8-18-15-19-20-16(24-15)23-11-14(21)17-9-10-22-13-6-4-12(2)5-7-13/h3-7H,1,8-11H2,2H3,(H,17,21)(H,18,19). The molecule has 2 N–H and O–H groups in total. The van der Waals surface area contributed by atoms with Crippen LogP contribution in [-0.2, 0) is 4.79 Å². The molecule has 1 heterocycles. The Hall–Kier alpha value is -1.51. The molecule has 2 aromatic rings. The normalized spacial score (nSPS) is 10.4. The van der Waals surface area contributed by atoms with Crippen LogP contribution in [-0.4, -0.2) is 40.7 Å². The molecule has 0 spiro atoms. The molecule has 8 heteroatoms. The second-order valence-corrected chi connectivity index (χ2v) is 8.21. The molecule has 0 bridgehead atoms. The fraction of sp³-hybridized carbons (Fsp3) is 0.312. The largest absolute Gasteiger partial charge is 0.357 e. The van der Waals surface area contributed by atoms with Crippen molar-refractivity contribution in [2.24, 2.45) is 0 Å². The Morgan fingerprint density at radius 3 is 2.83 bits per heavy atom. The molecule has 5 nitrogen and oxygen atoms in total. The van der Waals surface area contributed by atoms with Crippen molar-refractivity contribution in [2.45, 2.75) is 16.2 Å². The summed E-state index contributed by atoms with van der Waals surface area (Å²) in [6.07, 6.45) is 1.76. The first kappa shape index (κ1) is 18.8. The van der Waals surface area contributed by atoms with Crippen molar-refractivity contribution in [2.75, 3.05) is 29.9 Å². The molecule has 0 aliphatic rings. The molecule has 24 heavy (non-hydrogen) atoms. The van der Waals surface area contributed by atoms with E-state index in [9.17, 15) is 4.79 Å². The molecule has 2 rings (SSSR count). The fourth-order valence-corrected chi connectivity index (χ4v) is 4.03. The van der Waals surface area contributed by atoms with Crippen molar-refractivity contribution < 1.29 is 4.79 Å². The lowest BCUT2D eigenvalue weighted by Crippen LogP contribution is -2.27. The zero-order valence-electron chi connectivity index (χ0n) is 13.4. The number of hydrogen-bond acceptors (Lipinski definition) is 7. The second kappa shape index (κ2) is 10.4. The number of anilines is 1. The quantitative estimate of drug-likeness (QED) is 0.374. The summed E-state index contributed by atoms with van der Waals surface area (Å²) < 4.78 is 0.783. The van der Waals surface area contributed by atoms with E-state index in [-0.39, 0.29) is 5.91 Å². The highest BCUT2D eigenvalue weighted by atomic mass is 32.2. The van der Waals surface area contributed by atoms with Crippen LogP contribution >= 0.6 is 34.9 Å². The predicted octanol–water partition coefficient (Wildman–Crippen LogP) is 3.45. The lowest BCUT2D eigenvalue weighted by molar-refractivity contribution is -0.118. The van der Waals surface area contributed by atoms with Crippen molar-refractivity contribution in [1.82, 2.24) is 15.5 Å². The summed E-state index contributed by atoms with van der Waals surface area (Å²) in [5.41, 5.74) is 1.25. The van der Waals surface area contributed by atoms with Crippen LogP contribution in [0, 0.1) is 6.92 Å². The molecule has 0 atom stereocenters. The SMILES string of the molecule is C=CCNc1nnc(SCC(=O)NCCSc2ccc(C)cc2)s1. The molecule has 0 saturated carbocycles. The molecule has 1 aromatic heterocycles. The van der Waals surface area contributed by atoms with Gasteiger partial charge in [0.05, 0.1) is 5.75 Å². The van der Waals surface area contributed by atoms with E-state index in [0.717, 1.165) is 15.2 Å². The van der Waals surface area contributed by atoms with E-state index < -0.39 is 0 Å². The third-order valence-corrected chi connectivity index (χ3v) is 5.87. The Kier molecular flexibility index (Phi) is 8.14. The van der Waals surface area contributed by atoms with Gasteiger partial charge in [-0.1, -0.05) is 46.9 Å². The van der Waals surface area contributed by atoms with Crippen LogP contribution in [0.2, 0.25) is 0 Å². The van der Waals surface area contributed by atoms with E-state index in [0.29, 0.717) is 18.8 Å². The van der Waals surface area contributed by atoms with Gasteiger partial charge in [-0.25, -0.2) is 0 Å². The number of nitrogens with one attached hydrogen (secondary N) is 2. The molecule has 1 aromatic carbocycles. The summed E-state index contributed by atoms with van der Waals surface area (Å²) in [5.74, 6) is 1.22. The molecular weight excluding hydrogens is 360 g/mol. The van der Waals surface area contributed by atoms with Crippen LogP contribution in [0.4, 0.5) is 5.13 Å². The van der Waals surface area contributed by atoms with Crippen molar-refractivity contribution in [3.63, 3.8) is 0 Å². The monoisotopic (exact) mass is 380 g/mol. The highest BCUT2D eigenvalue weighted by Gasteiger charge is 2.07. The molecule has 0 aliphatic carbocycles. The number of carbonyl (C=O) groups is 1. The first-order valence-electron chi connectivity index (χ1n) is 7.44. The van der Waals surface area contributed by atoms with Gasteiger partial charge in [0.25, 0.3) is 0 Å². The topological polar surface area (TPSA) is 66.9 Å². The Bertz CT molecular complexity index is 658. The van der Waals surface area contributed by atoms with Crippen molar-refractivity contribution in [1.29, 1.82) is 0 Å². The zero-order valence-corrected chi connectivity index (χ0v) is 15.9.